The average molecular weight is 280 g/mol. The maximum atomic E-state index is 11.3. The Bertz CT molecular complexity index is 446. The minimum absolute atomic E-state index is 0.401. The molecule has 20 heavy (non-hydrogen) atoms. The van der Waals surface area contributed by atoms with Gasteiger partial charge in [0.1, 0.15) is 5.60 Å². The highest BCUT2D eigenvalue weighted by Gasteiger charge is 2.14. The van der Waals surface area contributed by atoms with E-state index in [1.807, 2.05) is 39.8 Å². The quantitative estimate of drug-likeness (QED) is 0.549. The van der Waals surface area contributed by atoms with Crippen molar-refractivity contribution in [1.82, 2.24) is 20.6 Å². The van der Waals surface area contributed by atoms with E-state index in [0.717, 1.165) is 24.5 Å². The molecule has 0 aliphatic heterocycles. The van der Waals surface area contributed by atoms with E-state index in [0.29, 0.717) is 6.54 Å². The van der Waals surface area contributed by atoms with Gasteiger partial charge in [0.05, 0.1) is 12.0 Å². The molecule has 0 unspecified atom stereocenters. The van der Waals surface area contributed by atoms with Crippen molar-refractivity contribution in [1.29, 1.82) is 0 Å². The zero-order valence-corrected chi connectivity index (χ0v) is 12.6. The number of rotatable bonds is 6. The monoisotopic (exact) mass is 280 g/mol. The molecule has 0 saturated carbocycles. The first-order valence-corrected chi connectivity index (χ1v) is 6.70. The van der Waals surface area contributed by atoms with Crippen molar-refractivity contribution < 1.29 is 9.53 Å². The number of aromatic nitrogens is 2. The van der Waals surface area contributed by atoms with Crippen LogP contribution in [0.25, 0.3) is 0 Å². The number of carbonyl (C=O) groups is 1. The molecule has 0 atom stereocenters. The van der Waals surface area contributed by atoms with Crippen molar-refractivity contribution in [3.05, 3.63) is 29.9 Å². The third-order valence-corrected chi connectivity index (χ3v) is 2.42. The summed E-state index contributed by atoms with van der Waals surface area (Å²) in [6, 6.07) is 0. The minimum atomic E-state index is -0.462. The Kier molecular flexibility index (Phi) is 6.24. The van der Waals surface area contributed by atoms with E-state index in [4.69, 9.17) is 4.74 Å². The predicted molar refractivity (Wildman–Crippen MR) is 78.4 cm³/mol. The molecule has 0 spiro atoms. The van der Waals surface area contributed by atoms with Crippen molar-refractivity contribution in [2.45, 2.75) is 39.8 Å². The van der Waals surface area contributed by atoms with Crippen LogP contribution in [0.3, 0.4) is 0 Å². The Labute approximate surface area is 120 Å². The van der Waals surface area contributed by atoms with E-state index in [2.05, 4.69) is 20.6 Å². The van der Waals surface area contributed by atoms with Gasteiger partial charge in [0.25, 0.3) is 0 Å². The standard InChI is InChI=1S/C14H24N4O2/c1-11-12(18-10-17-11)9-15-7-5-6-8-16-13(19)20-14(2,3)4/h5-6,10,15H,7-9H2,1-4H3,(H,16,19)(H,17,18)/b6-5+. The summed E-state index contributed by atoms with van der Waals surface area (Å²) in [5.41, 5.74) is 1.63. The van der Waals surface area contributed by atoms with E-state index >= 15 is 0 Å². The second-order valence-electron chi connectivity index (χ2n) is 5.46. The molecular formula is C14H24N4O2. The molecule has 6 heteroatoms. The first-order chi connectivity index (χ1) is 9.38. The average Bonchev–Trinajstić information content (AvgIpc) is 2.71. The fraction of sp³-hybridized carbons (Fsp3) is 0.571. The van der Waals surface area contributed by atoms with Crippen molar-refractivity contribution in [2.24, 2.45) is 0 Å². The molecule has 0 saturated heterocycles. The summed E-state index contributed by atoms with van der Waals surface area (Å²) < 4.78 is 5.12. The molecule has 0 bridgehead atoms. The number of carbonyl (C=O) groups excluding carboxylic acids is 1. The van der Waals surface area contributed by atoms with E-state index in [1.165, 1.54) is 0 Å². The van der Waals surface area contributed by atoms with Crippen LogP contribution in [-0.2, 0) is 11.3 Å². The molecule has 1 heterocycles. The van der Waals surface area contributed by atoms with Crippen LogP contribution in [0.4, 0.5) is 4.79 Å². The van der Waals surface area contributed by atoms with Crippen LogP contribution in [0.2, 0.25) is 0 Å². The van der Waals surface area contributed by atoms with Gasteiger partial charge in [-0.25, -0.2) is 9.78 Å². The molecule has 0 fully saturated rings. The lowest BCUT2D eigenvalue weighted by atomic mass is 10.2. The molecule has 0 aliphatic carbocycles. The van der Waals surface area contributed by atoms with Gasteiger partial charge in [-0.1, -0.05) is 12.2 Å². The lowest BCUT2D eigenvalue weighted by Gasteiger charge is -2.19. The maximum absolute atomic E-state index is 11.3. The number of aryl methyl sites for hydroxylation is 1. The van der Waals surface area contributed by atoms with E-state index in [1.54, 1.807) is 6.33 Å². The molecule has 0 aliphatic rings. The van der Waals surface area contributed by atoms with Crippen LogP contribution < -0.4 is 10.6 Å². The first-order valence-electron chi connectivity index (χ1n) is 6.70. The highest BCUT2D eigenvalue weighted by atomic mass is 16.6. The van der Waals surface area contributed by atoms with Crippen LogP contribution in [0.15, 0.2) is 18.5 Å². The van der Waals surface area contributed by atoms with Gasteiger partial charge in [-0.3, -0.25) is 0 Å². The number of hydrogen-bond acceptors (Lipinski definition) is 4. The Morgan fingerprint density at radius 2 is 2.10 bits per heavy atom. The molecule has 0 aromatic carbocycles. The van der Waals surface area contributed by atoms with Crippen molar-refractivity contribution in [2.75, 3.05) is 13.1 Å². The molecule has 0 radical (unpaired) electrons. The van der Waals surface area contributed by atoms with Crippen LogP contribution in [0.5, 0.6) is 0 Å². The fourth-order valence-electron chi connectivity index (χ4n) is 1.46. The summed E-state index contributed by atoms with van der Waals surface area (Å²) in [6.07, 6.45) is 5.13. The molecule has 3 N–H and O–H groups in total. The van der Waals surface area contributed by atoms with Crippen LogP contribution in [0, 0.1) is 6.92 Å². The number of alkyl carbamates (subject to hydrolysis) is 1. The molecule has 1 rings (SSSR count). The van der Waals surface area contributed by atoms with Crippen LogP contribution in [-0.4, -0.2) is 34.8 Å². The van der Waals surface area contributed by atoms with E-state index < -0.39 is 11.7 Å². The van der Waals surface area contributed by atoms with Crippen molar-refractivity contribution in [3.8, 4) is 0 Å². The number of imidazole rings is 1. The SMILES string of the molecule is Cc1[nH]cnc1CNC/C=C/CNC(=O)OC(C)(C)C. The molecule has 112 valence electrons. The summed E-state index contributed by atoms with van der Waals surface area (Å²) in [6.45, 7) is 9.40. The lowest BCUT2D eigenvalue weighted by molar-refractivity contribution is 0.0534. The highest BCUT2D eigenvalue weighted by Crippen LogP contribution is 2.06. The highest BCUT2D eigenvalue weighted by molar-refractivity contribution is 5.67. The van der Waals surface area contributed by atoms with Gasteiger partial charge < -0.3 is 20.4 Å². The zero-order valence-electron chi connectivity index (χ0n) is 12.6. The van der Waals surface area contributed by atoms with Crippen molar-refractivity contribution >= 4 is 6.09 Å². The summed E-state index contributed by atoms with van der Waals surface area (Å²) in [5, 5.41) is 5.90. The topological polar surface area (TPSA) is 79.0 Å². The zero-order chi connectivity index (χ0) is 15.0. The Morgan fingerprint density at radius 1 is 1.40 bits per heavy atom. The third kappa shape index (κ3) is 6.94. The fourth-order valence-corrected chi connectivity index (χ4v) is 1.46. The number of ether oxygens (including phenoxy) is 1. The van der Waals surface area contributed by atoms with Crippen LogP contribution in [0.1, 0.15) is 32.2 Å². The summed E-state index contributed by atoms with van der Waals surface area (Å²) in [5.74, 6) is 0. The largest absolute Gasteiger partial charge is 0.444 e. The first kappa shape index (κ1) is 16.2. The van der Waals surface area contributed by atoms with E-state index in [9.17, 15) is 4.79 Å². The molecule has 6 nitrogen and oxygen atoms in total. The predicted octanol–water partition coefficient (Wildman–Crippen LogP) is 1.89. The van der Waals surface area contributed by atoms with E-state index in [-0.39, 0.29) is 0 Å². The smallest absolute Gasteiger partial charge is 0.407 e. The van der Waals surface area contributed by atoms with Crippen molar-refractivity contribution in [3.63, 3.8) is 0 Å². The normalized spacial score (nSPS) is 11.8. The molecule has 1 aromatic rings. The van der Waals surface area contributed by atoms with Gasteiger partial charge >= 0.3 is 6.09 Å². The number of hydrogen-bond donors (Lipinski definition) is 3. The second kappa shape index (κ2) is 7.69. The Morgan fingerprint density at radius 3 is 2.70 bits per heavy atom. The summed E-state index contributed by atoms with van der Waals surface area (Å²) >= 11 is 0. The van der Waals surface area contributed by atoms with Gasteiger partial charge in [-0.2, -0.15) is 0 Å². The lowest BCUT2D eigenvalue weighted by Crippen LogP contribution is -2.32. The molecule has 1 amide bonds. The number of nitrogens with zero attached hydrogens (tertiary/aromatic N) is 1. The second-order valence-corrected chi connectivity index (χ2v) is 5.46. The van der Waals surface area contributed by atoms with Crippen LogP contribution >= 0.6 is 0 Å². The van der Waals surface area contributed by atoms with Gasteiger partial charge in [0.15, 0.2) is 0 Å². The number of nitrogens with one attached hydrogen (secondary N) is 3. The number of H-pyrrole nitrogens is 1. The minimum Gasteiger partial charge on any atom is -0.444 e. The molecule has 1 aromatic heterocycles. The summed E-state index contributed by atoms with van der Waals surface area (Å²) in [7, 11) is 0. The van der Waals surface area contributed by atoms with Gasteiger partial charge in [0.2, 0.25) is 0 Å². The Hall–Kier alpha value is -1.82. The Balaban J connectivity index is 2.08. The van der Waals surface area contributed by atoms with Gasteiger partial charge in [-0.05, 0) is 27.7 Å². The maximum Gasteiger partial charge on any atom is 0.407 e. The summed E-state index contributed by atoms with van der Waals surface area (Å²) in [4.78, 5) is 18.6. The van der Waals surface area contributed by atoms with Gasteiger partial charge in [0, 0.05) is 25.3 Å². The third-order valence-electron chi connectivity index (χ3n) is 2.42. The molecular weight excluding hydrogens is 256 g/mol. The number of aromatic amines is 1. The number of amides is 1. The van der Waals surface area contributed by atoms with Gasteiger partial charge in [-0.15, -0.1) is 0 Å².